The highest BCUT2D eigenvalue weighted by molar-refractivity contribution is 5.72. The second-order valence-corrected chi connectivity index (χ2v) is 2.28. The molecule has 0 aliphatic carbocycles. The molecule has 12 heavy (non-hydrogen) atoms. The summed E-state index contributed by atoms with van der Waals surface area (Å²) in [7, 11) is 0. The molecule has 7 heteroatoms. The summed E-state index contributed by atoms with van der Waals surface area (Å²) in [5.74, 6) is -3.97. The number of rotatable bonds is 4. The van der Waals surface area contributed by atoms with Crippen molar-refractivity contribution in [3.63, 3.8) is 0 Å². The Bertz CT molecular complexity index is 156. The number of carbonyl (C=O) groups is 1. The van der Waals surface area contributed by atoms with E-state index in [-0.39, 0.29) is 0 Å². The van der Waals surface area contributed by atoms with Gasteiger partial charge in [-0.05, 0) is 0 Å². The first kappa shape index (κ1) is 11.1. The van der Waals surface area contributed by atoms with Crippen molar-refractivity contribution < 1.29 is 25.2 Å². The van der Waals surface area contributed by atoms with Gasteiger partial charge in [0.25, 0.3) is 5.91 Å². The van der Waals surface area contributed by atoms with Crippen LogP contribution in [-0.2, 0) is 0 Å². The van der Waals surface area contributed by atoms with Crippen LogP contribution in [0.3, 0.4) is 0 Å². The van der Waals surface area contributed by atoms with Gasteiger partial charge in [0.1, 0.15) is 0 Å². The molecule has 2 amide bonds. The Balaban J connectivity index is 4.24. The summed E-state index contributed by atoms with van der Waals surface area (Å²) in [5.41, 5.74) is 4.59. The first-order valence-electron chi connectivity index (χ1n) is 3.18. The first-order valence-corrected chi connectivity index (χ1v) is 3.18. The van der Waals surface area contributed by atoms with E-state index < -0.39 is 31.1 Å². The van der Waals surface area contributed by atoms with Gasteiger partial charge in [-0.1, -0.05) is 0 Å². The number of urea groups is 1. The maximum absolute atomic E-state index is 10.2. The van der Waals surface area contributed by atoms with Gasteiger partial charge in [0.05, 0.1) is 19.1 Å². The smallest absolute Gasteiger partial charge is 0.316 e. The molecule has 7 nitrogen and oxygen atoms in total. The monoisotopic (exact) mass is 180 g/mol. The summed E-state index contributed by atoms with van der Waals surface area (Å²) in [5, 5.41) is 36.5. The van der Waals surface area contributed by atoms with Crippen molar-refractivity contribution in [2.75, 3.05) is 13.2 Å². The summed E-state index contributed by atoms with van der Waals surface area (Å²) in [6.07, 6.45) is 0. The van der Waals surface area contributed by atoms with Gasteiger partial charge in [0.15, 0.2) is 0 Å². The average molecular weight is 180 g/mol. The van der Waals surface area contributed by atoms with Crippen molar-refractivity contribution in [3.05, 3.63) is 0 Å². The summed E-state index contributed by atoms with van der Waals surface area (Å²) in [6.45, 7) is -1.38. The zero-order chi connectivity index (χ0) is 9.78. The normalized spacial score (nSPS) is 11.8. The molecular weight excluding hydrogens is 168 g/mol. The molecule has 0 spiro atoms. The lowest BCUT2D eigenvalue weighted by molar-refractivity contribution is -0.227. The van der Waals surface area contributed by atoms with Crippen LogP contribution in [0.5, 0.6) is 0 Å². The van der Waals surface area contributed by atoms with Crippen LogP contribution >= 0.6 is 0 Å². The van der Waals surface area contributed by atoms with Crippen LogP contribution < -0.4 is 11.1 Å². The van der Waals surface area contributed by atoms with Crippen LogP contribution in [0.15, 0.2) is 0 Å². The lowest BCUT2D eigenvalue weighted by Crippen LogP contribution is -2.57. The Morgan fingerprint density at radius 2 is 1.83 bits per heavy atom. The number of nitrogens with one attached hydrogen (secondary N) is 1. The molecule has 0 aliphatic heterocycles. The number of carbonyl (C=O) groups excluding carboxylic acids is 1. The van der Waals surface area contributed by atoms with Crippen molar-refractivity contribution >= 4 is 6.03 Å². The Labute approximate surface area is 68.4 Å². The van der Waals surface area contributed by atoms with E-state index >= 15 is 0 Å². The average Bonchev–Trinajstić information content (AvgIpc) is 1.85. The standard InChI is InChI=1S/C5H12N2O5/c6-4(10)7-5(11,12)3(1-8)2-9/h3,8-9,11-12H,1-2H2,(H3,6,7,10). The second kappa shape index (κ2) is 4.21. The molecule has 0 radical (unpaired) electrons. The van der Waals surface area contributed by atoms with E-state index in [1.807, 2.05) is 0 Å². The predicted octanol–water partition coefficient (Wildman–Crippen LogP) is -3.11. The van der Waals surface area contributed by atoms with Crippen molar-refractivity contribution in [1.29, 1.82) is 0 Å². The molecule has 0 rings (SSSR count). The number of aliphatic hydroxyl groups excluding tert-OH is 2. The van der Waals surface area contributed by atoms with E-state index in [0.29, 0.717) is 0 Å². The highest BCUT2D eigenvalue weighted by atomic mass is 16.5. The number of hydrogen-bond donors (Lipinski definition) is 6. The molecule has 0 saturated carbocycles. The fraction of sp³-hybridized carbons (Fsp3) is 0.800. The van der Waals surface area contributed by atoms with E-state index in [1.165, 1.54) is 0 Å². The molecule has 72 valence electrons. The van der Waals surface area contributed by atoms with E-state index in [2.05, 4.69) is 5.73 Å². The van der Waals surface area contributed by atoms with E-state index in [1.54, 1.807) is 5.32 Å². The van der Waals surface area contributed by atoms with Gasteiger partial charge in [-0.2, -0.15) is 0 Å². The molecule has 0 aliphatic rings. The number of amides is 2. The predicted molar refractivity (Wildman–Crippen MR) is 37.5 cm³/mol. The molecule has 0 unspecified atom stereocenters. The maximum Gasteiger partial charge on any atom is 0.316 e. The van der Waals surface area contributed by atoms with Crippen molar-refractivity contribution in [3.8, 4) is 0 Å². The minimum Gasteiger partial charge on any atom is -0.396 e. The van der Waals surface area contributed by atoms with Crippen LogP contribution in [-0.4, -0.2) is 45.6 Å². The lowest BCUT2D eigenvalue weighted by atomic mass is 10.1. The second-order valence-electron chi connectivity index (χ2n) is 2.28. The highest BCUT2D eigenvalue weighted by Gasteiger charge is 2.34. The van der Waals surface area contributed by atoms with Gasteiger partial charge in [-0.15, -0.1) is 0 Å². The van der Waals surface area contributed by atoms with Gasteiger partial charge in [0.2, 0.25) is 0 Å². The fourth-order valence-electron chi connectivity index (χ4n) is 0.596. The van der Waals surface area contributed by atoms with Gasteiger partial charge in [-0.3, -0.25) is 5.32 Å². The van der Waals surface area contributed by atoms with Crippen LogP contribution in [0.4, 0.5) is 4.79 Å². The third-order valence-electron chi connectivity index (χ3n) is 1.32. The van der Waals surface area contributed by atoms with Crippen molar-refractivity contribution in [1.82, 2.24) is 5.32 Å². The van der Waals surface area contributed by atoms with E-state index in [9.17, 15) is 4.79 Å². The minimum atomic E-state index is -2.69. The first-order chi connectivity index (χ1) is 5.44. The number of nitrogens with two attached hydrogens (primary N) is 1. The van der Waals surface area contributed by atoms with Gasteiger partial charge < -0.3 is 26.2 Å². The zero-order valence-electron chi connectivity index (χ0n) is 6.27. The Morgan fingerprint density at radius 3 is 2.08 bits per heavy atom. The molecular formula is C5H12N2O5. The van der Waals surface area contributed by atoms with Crippen molar-refractivity contribution in [2.24, 2.45) is 11.7 Å². The summed E-state index contributed by atoms with van der Waals surface area (Å²) in [4.78, 5) is 10.2. The molecule has 0 bridgehead atoms. The van der Waals surface area contributed by atoms with Crippen LogP contribution in [0.1, 0.15) is 0 Å². The van der Waals surface area contributed by atoms with Crippen LogP contribution in [0.2, 0.25) is 0 Å². The summed E-state index contributed by atoms with van der Waals surface area (Å²) >= 11 is 0. The largest absolute Gasteiger partial charge is 0.396 e. The molecule has 7 N–H and O–H groups in total. The van der Waals surface area contributed by atoms with Crippen LogP contribution in [0.25, 0.3) is 0 Å². The Morgan fingerprint density at radius 1 is 1.42 bits per heavy atom. The molecule has 0 saturated heterocycles. The molecule has 0 aromatic carbocycles. The summed E-state index contributed by atoms with van der Waals surface area (Å²) in [6, 6.07) is -1.16. The Hall–Kier alpha value is -0.890. The molecule has 0 heterocycles. The lowest BCUT2D eigenvalue weighted by Gasteiger charge is -2.28. The van der Waals surface area contributed by atoms with Gasteiger partial charge in [0, 0.05) is 0 Å². The third-order valence-corrected chi connectivity index (χ3v) is 1.32. The van der Waals surface area contributed by atoms with Crippen molar-refractivity contribution in [2.45, 2.75) is 5.91 Å². The number of primary amides is 1. The molecule has 0 aromatic heterocycles. The van der Waals surface area contributed by atoms with Crippen LogP contribution in [0, 0.1) is 5.92 Å². The number of hydrogen-bond acceptors (Lipinski definition) is 5. The molecule has 0 fully saturated rings. The summed E-state index contributed by atoms with van der Waals surface area (Å²) < 4.78 is 0. The topological polar surface area (TPSA) is 136 Å². The minimum absolute atomic E-state index is 0.691. The van der Waals surface area contributed by atoms with E-state index in [0.717, 1.165) is 0 Å². The van der Waals surface area contributed by atoms with Gasteiger partial charge in [-0.25, -0.2) is 4.79 Å². The SMILES string of the molecule is NC(=O)NC(O)(O)C(CO)CO. The number of aliphatic hydroxyl groups is 4. The zero-order valence-corrected chi connectivity index (χ0v) is 6.27. The third kappa shape index (κ3) is 3.01. The fourth-order valence-corrected chi connectivity index (χ4v) is 0.596. The molecule has 0 aromatic rings. The molecule has 0 atom stereocenters. The highest BCUT2D eigenvalue weighted by Crippen LogP contribution is 2.09. The van der Waals surface area contributed by atoms with E-state index in [4.69, 9.17) is 20.4 Å². The Kier molecular flexibility index (Phi) is 3.90. The maximum atomic E-state index is 10.2. The quantitative estimate of drug-likeness (QED) is 0.254. The van der Waals surface area contributed by atoms with Gasteiger partial charge >= 0.3 is 6.03 Å².